The second-order valence-electron chi connectivity index (χ2n) is 7.83. The van der Waals surface area contributed by atoms with Crippen LogP contribution in [-0.2, 0) is 4.74 Å². The lowest BCUT2D eigenvalue weighted by molar-refractivity contribution is 0.0353. The third kappa shape index (κ3) is 4.46. The average molecular weight is 447 g/mol. The number of nitrogens with zero attached hydrogens (tertiary/aromatic N) is 3. The van der Waals surface area contributed by atoms with E-state index in [0.717, 1.165) is 18.4 Å². The first-order valence-electron chi connectivity index (χ1n) is 9.87. The van der Waals surface area contributed by atoms with Crippen LogP contribution in [0.1, 0.15) is 41.9 Å². The molecule has 2 N–H and O–H groups in total. The molecule has 1 aromatic heterocycles. The van der Waals surface area contributed by atoms with Gasteiger partial charge in [0, 0.05) is 30.5 Å². The van der Waals surface area contributed by atoms with Crippen LogP contribution < -0.4 is 10.2 Å². The lowest BCUT2D eigenvalue weighted by Crippen LogP contribution is -2.45. The van der Waals surface area contributed by atoms with Crippen LogP contribution in [0.2, 0.25) is 5.02 Å². The average Bonchev–Trinajstić information content (AvgIpc) is 3.59. The summed E-state index contributed by atoms with van der Waals surface area (Å²) in [7, 11) is 0. The second kappa shape index (κ2) is 8.55. The smallest absolute Gasteiger partial charge is 0.273 e. The fraction of sp³-hybridized carbons (Fsp3) is 0.429. The molecule has 1 amide bonds. The summed E-state index contributed by atoms with van der Waals surface area (Å²) in [4.78, 5) is 23.8. The van der Waals surface area contributed by atoms with Crippen molar-refractivity contribution < 1.29 is 14.6 Å². The van der Waals surface area contributed by atoms with Crippen molar-refractivity contribution in [1.82, 2.24) is 15.3 Å². The number of rotatable bonds is 6. The molecule has 30 heavy (non-hydrogen) atoms. The van der Waals surface area contributed by atoms with Crippen LogP contribution in [0.25, 0.3) is 0 Å². The van der Waals surface area contributed by atoms with Crippen molar-refractivity contribution >= 4 is 40.5 Å². The van der Waals surface area contributed by atoms with Crippen LogP contribution in [0.3, 0.4) is 0 Å². The van der Waals surface area contributed by atoms with Crippen molar-refractivity contribution in [1.29, 1.82) is 0 Å². The van der Waals surface area contributed by atoms with Gasteiger partial charge < -0.3 is 20.1 Å². The summed E-state index contributed by atoms with van der Waals surface area (Å²) in [5, 5.41) is 13.9. The zero-order valence-electron chi connectivity index (χ0n) is 16.5. The predicted molar refractivity (Wildman–Crippen MR) is 118 cm³/mol. The number of carbonyl (C=O) groups is 1. The number of aromatic nitrogens is 2. The van der Waals surface area contributed by atoms with Crippen molar-refractivity contribution in [3.05, 3.63) is 52.9 Å². The van der Waals surface area contributed by atoms with E-state index in [1.165, 1.54) is 12.4 Å². The van der Waals surface area contributed by atoms with Crippen LogP contribution in [0.15, 0.2) is 36.7 Å². The molecule has 1 aliphatic heterocycles. The number of morpholine rings is 1. The van der Waals surface area contributed by atoms with E-state index < -0.39 is 17.6 Å². The first-order chi connectivity index (χ1) is 14.4. The maximum atomic E-state index is 12.9. The van der Waals surface area contributed by atoms with Crippen LogP contribution in [-0.4, -0.2) is 51.3 Å². The first kappa shape index (κ1) is 21.1. The van der Waals surface area contributed by atoms with Gasteiger partial charge in [0.1, 0.15) is 11.1 Å². The maximum absolute atomic E-state index is 12.9. The Bertz CT molecular complexity index is 950. The number of thiocarbonyl (C=S) groups is 1. The van der Waals surface area contributed by atoms with E-state index >= 15 is 0 Å². The number of anilines is 1. The van der Waals surface area contributed by atoms with Crippen molar-refractivity contribution in [2.24, 2.45) is 5.92 Å². The molecule has 158 valence electrons. The number of ether oxygens (including phenoxy) is 1. The quantitative estimate of drug-likeness (QED) is 0.659. The third-order valence-electron chi connectivity index (χ3n) is 5.48. The van der Waals surface area contributed by atoms with Gasteiger partial charge in [-0.1, -0.05) is 36.0 Å². The monoisotopic (exact) mass is 446 g/mol. The van der Waals surface area contributed by atoms with Gasteiger partial charge >= 0.3 is 0 Å². The minimum atomic E-state index is -0.925. The van der Waals surface area contributed by atoms with Crippen molar-refractivity contribution in [3.63, 3.8) is 0 Å². The third-order valence-corrected chi connectivity index (χ3v) is 6.16. The largest absolute Gasteiger partial charge is 0.388 e. The lowest BCUT2D eigenvalue weighted by Gasteiger charge is -2.35. The number of benzene rings is 1. The molecule has 2 atom stereocenters. The summed E-state index contributed by atoms with van der Waals surface area (Å²) in [6.07, 6.45) is 4.51. The maximum Gasteiger partial charge on any atom is 0.273 e. The SMILES string of the molecule is C[C@](O)(CNC(=O)c1nccnc1N1CCOC(c2ccc(Cl)cc2)C1=S)C1CC1. The summed E-state index contributed by atoms with van der Waals surface area (Å²) in [6, 6.07) is 7.31. The molecule has 4 rings (SSSR count). The highest BCUT2D eigenvalue weighted by atomic mass is 35.5. The molecule has 2 fully saturated rings. The summed E-state index contributed by atoms with van der Waals surface area (Å²) in [5.74, 6) is 0.218. The molecule has 1 aliphatic carbocycles. The predicted octanol–water partition coefficient (Wildman–Crippen LogP) is 2.93. The Hall–Kier alpha value is -2.13. The minimum absolute atomic E-state index is 0.160. The van der Waals surface area contributed by atoms with Crippen LogP contribution in [0.4, 0.5) is 5.82 Å². The minimum Gasteiger partial charge on any atom is -0.388 e. The Morgan fingerprint density at radius 3 is 2.73 bits per heavy atom. The number of halogens is 1. The summed E-state index contributed by atoms with van der Waals surface area (Å²) < 4.78 is 5.89. The number of nitrogens with one attached hydrogen (secondary N) is 1. The number of hydrogen-bond donors (Lipinski definition) is 2. The van der Waals surface area contributed by atoms with Crippen LogP contribution in [0.5, 0.6) is 0 Å². The Balaban J connectivity index is 1.54. The summed E-state index contributed by atoms with van der Waals surface area (Å²) in [6.45, 7) is 2.78. The summed E-state index contributed by atoms with van der Waals surface area (Å²) in [5.41, 5.74) is 0.124. The molecule has 0 radical (unpaired) electrons. The molecule has 1 aromatic carbocycles. The summed E-state index contributed by atoms with van der Waals surface area (Å²) >= 11 is 11.7. The Morgan fingerprint density at radius 1 is 1.33 bits per heavy atom. The van der Waals surface area contributed by atoms with Gasteiger partial charge in [0.15, 0.2) is 11.5 Å². The lowest BCUT2D eigenvalue weighted by atomic mass is 10.0. The first-order valence-corrected chi connectivity index (χ1v) is 10.7. The number of hydrogen-bond acceptors (Lipinski definition) is 6. The van der Waals surface area contributed by atoms with Gasteiger partial charge in [-0.15, -0.1) is 0 Å². The highest BCUT2D eigenvalue weighted by Crippen LogP contribution is 2.39. The molecule has 1 saturated carbocycles. The molecule has 9 heteroatoms. The van der Waals surface area contributed by atoms with Gasteiger partial charge in [-0.2, -0.15) is 0 Å². The van der Waals surface area contributed by atoms with Gasteiger partial charge in [0.25, 0.3) is 5.91 Å². The fourth-order valence-corrected chi connectivity index (χ4v) is 4.06. The molecule has 1 saturated heterocycles. The Morgan fingerprint density at radius 2 is 2.03 bits per heavy atom. The van der Waals surface area contributed by atoms with Gasteiger partial charge in [-0.3, -0.25) is 4.79 Å². The molecule has 0 bridgehead atoms. The molecule has 7 nitrogen and oxygen atoms in total. The van der Waals surface area contributed by atoms with E-state index in [2.05, 4.69) is 15.3 Å². The highest BCUT2D eigenvalue weighted by Gasteiger charge is 2.40. The van der Waals surface area contributed by atoms with E-state index in [1.54, 1.807) is 24.0 Å². The second-order valence-corrected chi connectivity index (χ2v) is 8.69. The van der Waals surface area contributed by atoms with E-state index in [9.17, 15) is 9.90 Å². The van der Waals surface area contributed by atoms with E-state index in [4.69, 9.17) is 28.6 Å². The Kier molecular flexibility index (Phi) is 6.02. The molecular weight excluding hydrogens is 424 g/mol. The van der Waals surface area contributed by atoms with Crippen molar-refractivity contribution in [2.75, 3.05) is 24.6 Å². The van der Waals surface area contributed by atoms with E-state index in [-0.39, 0.29) is 18.2 Å². The van der Waals surface area contributed by atoms with Gasteiger partial charge in [-0.25, -0.2) is 9.97 Å². The molecular formula is C21H23ClN4O3S. The molecule has 0 spiro atoms. The number of aliphatic hydroxyl groups is 1. The zero-order chi connectivity index (χ0) is 21.3. The van der Waals surface area contributed by atoms with E-state index in [1.807, 2.05) is 12.1 Å². The Labute approximate surface area is 185 Å². The molecule has 2 aliphatic rings. The molecule has 2 heterocycles. The van der Waals surface area contributed by atoms with Crippen LogP contribution in [0, 0.1) is 5.92 Å². The van der Waals surface area contributed by atoms with E-state index in [0.29, 0.717) is 29.0 Å². The van der Waals surface area contributed by atoms with Gasteiger partial charge in [0.2, 0.25) is 0 Å². The van der Waals surface area contributed by atoms with Gasteiger partial charge in [0.05, 0.1) is 12.2 Å². The molecule has 1 unspecified atom stereocenters. The zero-order valence-corrected chi connectivity index (χ0v) is 18.1. The molecule has 2 aromatic rings. The van der Waals surface area contributed by atoms with Crippen molar-refractivity contribution in [3.8, 4) is 0 Å². The highest BCUT2D eigenvalue weighted by molar-refractivity contribution is 7.80. The van der Waals surface area contributed by atoms with Crippen molar-refractivity contribution in [2.45, 2.75) is 31.5 Å². The number of carbonyl (C=O) groups excluding carboxylic acids is 1. The normalized spacial score (nSPS) is 21.2. The number of amides is 1. The topological polar surface area (TPSA) is 87.6 Å². The standard InChI is InChI=1S/C21H23ClN4O3S/c1-21(28,14-4-5-14)12-25-19(27)16-18(24-9-8-23-16)26-10-11-29-17(20(26)30)13-2-6-15(22)7-3-13/h2-3,6-9,14,17,28H,4-5,10-12H2,1H3,(H,25,27)/t17?,21-/m0/s1. The van der Waals surface area contributed by atoms with Gasteiger partial charge in [-0.05, 0) is 43.4 Å². The fourth-order valence-electron chi connectivity index (χ4n) is 3.55. The van der Waals surface area contributed by atoms with Crippen LogP contribution >= 0.6 is 23.8 Å².